The Morgan fingerprint density at radius 3 is 2.36 bits per heavy atom. The summed E-state index contributed by atoms with van der Waals surface area (Å²) >= 11 is 0. The minimum atomic E-state index is -1.09. The van der Waals surface area contributed by atoms with E-state index >= 15 is 0 Å². The highest BCUT2D eigenvalue weighted by molar-refractivity contribution is 7.38. The summed E-state index contributed by atoms with van der Waals surface area (Å²) < 4.78 is 12.9. The molecular weight excluding hydrogens is 327 g/mol. The zero-order valence-electron chi connectivity index (χ0n) is 15.4. The quantitative estimate of drug-likeness (QED) is 0.323. The van der Waals surface area contributed by atoms with Crippen molar-refractivity contribution in [3.63, 3.8) is 0 Å². The molecule has 0 fully saturated rings. The van der Waals surface area contributed by atoms with Crippen molar-refractivity contribution in [2.24, 2.45) is 0 Å². The van der Waals surface area contributed by atoms with Crippen LogP contribution in [0.1, 0.15) is 31.9 Å². The number of hydrogen-bond donors (Lipinski definition) is 0. The number of benzene rings is 3. The Kier molecular flexibility index (Phi) is 3.70. The van der Waals surface area contributed by atoms with Crippen LogP contribution in [0, 0.1) is 13.8 Å². The Hall–Kier alpha value is -2.18. The summed E-state index contributed by atoms with van der Waals surface area (Å²) in [4.78, 5) is 0. The van der Waals surface area contributed by atoms with Crippen LogP contribution in [0.2, 0.25) is 0 Å². The van der Waals surface area contributed by atoms with Gasteiger partial charge >= 0.3 is 0 Å². The molecule has 1 unspecified atom stereocenters. The van der Waals surface area contributed by atoms with Crippen molar-refractivity contribution in [1.29, 1.82) is 0 Å². The SMILES string of the molecule is Cc1cc(C)c2op(C(C)(C)C)oc3ccc4ccccc4c3c2c1. The monoisotopic (exact) mass is 350 g/mol. The third-order valence-corrected chi connectivity index (χ3v) is 6.29. The van der Waals surface area contributed by atoms with E-state index in [1.54, 1.807) is 0 Å². The molecule has 4 aromatic rings. The van der Waals surface area contributed by atoms with E-state index in [0.717, 1.165) is 27.5 Å². The summed E-state index contributed by atoms with van der Waals surface area (Å²) in [5.41, 5.74) is 4.28. The number of aryl methyl sites for hydroxylation is 2. The number of rotatable bonds is 0. The molecule has 2 nitrogen and oxygen atoms in total. The molecular formula is C22H23O2P. The lowest BCUT2D eigenvalue weighted by atomic mass is 10.0. The predicted molar refractivity (Wildman–Crippen MR) is 108 cm³/mol. The van der Waals surface area contributed by atoms with Crippen LogP contribution in [0.25, 0.3) is 32.7 Å². The highest BCUT2D eigenvalue weighted by atomic mass is 31.1. The van der Waals surface area contributed by atoms with Crippen LogP contribution in [-0.2, 0) is 5.16 Å². The molecule has 0 saturated carbocycles. The van der Waals surface area contributed by atoms with Crippen molar-refractivity contribution in [2.45, 2.75) is 39.8 Å². The molecule has 0 amide bonds. The predicted octanol–water partition coefficient (Wildman–Crippen LogP) is 7.82. The van der Waals surface area contributed by atoms with Gasteiger partial charge in [0.15, 0.2) is 0 Å². The first-order valence-electron chi connectivity index (χ1n) is 8.64. The summed E-state index contributed by atoms with van der Waals surface area (Å²) in [5, 5.41) is 4.64. The van der Waals surface area contributed by atoms with Crippen LogP contribution >= 0.6 is 8.01 Å². The topological polar surface area (TPSA) is 26.3 Å². The molecule has 0 aliphatic carbocycles. The molecule has 0 spiro atoms. The molecule has 1 atom stereocenters. The first-order valence-corrected chi connectivity index (χ1v) is 9.82. The second-order valence-electron chi connectivity index (χ2n) is 7.73. The van der Waals surface area contributed by atoms with E-state index in [1.165, 1.54) is 16.3 Å². The summed E-state index contributed by atoms with van der Waals surface area (Å²) in [6, 6.07) is 17.1. The fourth-order valence-electron chi connectivity index (χ4n) is 3.33. The second-order valence-corrected chi connectivity index (χ2v) is 9.95. The van der Waals surface area contributed by atoms with Gasteiger partial charge in [-0.2, -0.15) is 0 Å². The molecule has 1 aromatic heterocycles. The van der Waals surface area contributed by atoms with E-state index in [0.29, 0.717) is 0 Å². The summed E-state index contributed by atoms with van der Waals surface area (Å²) in [7, 11) is -1.09. The highest BCUT2D eigenvalue weighted by Gasteiger charge is 2.21. The molecule has 0 aliphatic heterocycles. The van der Waals surface area contributed by atoms with E-state index in [2.05, 4.69) is 83.1 Å². The van der Waals surface area contributed by atoms with Gasteiger partial charge in [0.1, 0.15) is 11.2 Å². The van der Waals surface area contributed by atoms with Gasteiger partial charge in [0.2, 0.25) is 8.01 Å². The van der Waals surface area contributed by atoms with Gasteiger partial charge in [0.25, 0.3) is 0 Å². The van der Waals surface area contributed by atoms with E-state index in [-0.39, 0.29) is 5.16 Å². The molecule has 4 rings (SSSR count). The molecule has 0 aliphatic rings. The molecule has 128 valence electrons. The fourth-order valence-corrected chi connectivity index (χ4v) is 4.66. The van der Waals surface area contributed by atoms with Crippen LogP contribution in [0.15, 0.2) is 56.9 Å². The van der Waals surface area contributed by atoms with Gasteiger partial charge in [-0.15, -0.1) is 0 Å². The minimum Gasteiger partial charge on any atom is -0.419 e. The molecule has 0 N–H and O–H groups in total. The number of fused-ring (bicyclic) bond motifs is 5. The minimum absolute atomic E-state index is 0.0722. The van der Waals surface area contributed by atoms with Crippen molar-refractivity contribution < 1.29 is 8.39 Å². The van der Waals surface area contributed by atoms with E-state index in [4.69, 9.17) is 8.39 Å². The maximum absolute atomic E-state index is 6.48. The maximum atomic E-state index is 6.48. The highest BCUT2D eigenvalue weighted by Crippen LogP contribution is 2.48. The fraction of sp³-hybridized carbons (Fsp3) is 0.273. The Morgan fingerprint density at radius 1 is 0.840 bits per heavy atom. The van der Waals surface area contributed by atoms with Crippen LogP contribution in [-0.4, -0.2) is 0 Å². The molecule has 25 heavy (non-hydrogen) atoms. The Labute approximate surface area is 149 Å². The van der Waals surface area contributed by atoms with Crippen LogP contribution in [0.3, 0.4) is 0 Å². The van der Waals surface area contributed by atoms with Crippen molar-refractivity contribution in [3.8, 4) is 0 Å². The first kappa shape index (κ1) is 16.3. The standard InChI is InChI=1S/C22H23O2P/c1-14-12-15(2)21-18(13-14)20-17-9-7-6-8-16(17)10-11-19(20)23-25(24-21)22(3,4)5/h6-13H,1-5H3. The average molecular weight is 350 g/mol. The largest absolute Gasteiger partial charge is 0.419 e. The Bertz CT molecular complexity index is 1150. The van der Waals surface area contributed by atoms with Crippen LogP contribution in [0.5, 0.6) is 0 Å². The summed E-state index contributed by atoms with van der Waals surface area (Å²) in [6.07, 6.45) is 0. The first-order chi connectivity index (χ1) is 11.8. The van der Waals surface area contributed by atoms with Gasteiger partial charge < -0.3 is 8.39 Å². The third-order valence-electron chi connectivity index (χ3n) is 4.48. The lowest BCUT2D eigenvalue weighted by Gasteiger charge is -2.13. The Morgan fingerprint density at radius 2 is 1.60 bits per heavy atom. The lowest BCUT2D eigenvalue weighted by Crippen LogP contribution is -1.99. The zero-order valence-corrected chi connectivity index (χ0v) is 16.3. The van der Waals surface area contributed by atoms with E-state index in [9.17, 15) is 0 Å². The zero-order chi connectivity index (χ0) is 17.8. The normalized spacial score (nSPS) is 12.9. The number of hydrogen-bond acceptors (Lipinski definition) is 2. The molecule has 0 bridgehead atoms. The molecule has 0 saturated heterocycles. The van der Waals surface area contributed by atoms with Gasteiger partial charge in [-0.25, -0.2) is 0 Å². The van der Waals surface area contributed by atoms with Crippen molar-refractivity contribution >= 4 is 40.7 Å². The van der Waals surface area contributed by atoms with Crippen molar-refractivity contribution in [1.82, 2.24) is 0 Å². The third kappa shape index (κ3) is 2.75. The van der Waals surface area contributed by atoms with Gasteiger partial charge in [-0.3, -0.25) is 0 Å². The second kappa shape index (κ2) is 5.68. The van der Waals surface area contributed by atoms with E-state index in [1.807, 2.05) is 0 Å². The molecule has 0 radical (unpaired) electrons. The maximum Gasteiger partial charge on any atom is 0.222 e. The molecule has 1 heterocycles. The molecule has 3 aromatic carbocycles. The van der Waals surface area contributed by atoms with Crippen LogP contribution < -0.4 is 0 Å². The van der Waals surface area contributed by atoms with Crippen LogP contribution in [0.4, 0.5) is 0 Å². The van der Waals surface area contributed by atoms with E-state index < -0.39 is 8.01 Å². The van der Waals surface area contributed by atoms with Gasteiger partial charge in [0, 0.05) is 10.8 Å². The smallest absolute Gasteiger partial charge is 0.222 e. The summed E-state index contributed by atoms with van der Waals surface area (Å²) in [5.74, 6) is 0. The van der Waals surface area contributed by atoms with Gasteiger partial charge in [-0.1, -0.05) is 36.4 Å². The summed E-state index contributed by atoms with van der Waals surface area (Å²) in [6.45, 7) is 10.8. The molecule has 3 heteroatoms. The lowest BCUT2D eigenvalue weighted by molar-refractivity contribution is 0.564. The average Bonchev–Trinajstić information content (AvgIpc) is 2.72. The van der Waals surface area contributed by atoms with Gasteiger partial charge in [-0.05, 0) is 68.7 Å². The van der Waals surface area contributed by atoms with Gasteiger partial charge in [0.05, 0.1) is 5.16 Å². The van der Waals surface area contributed by atoms with Crippen molar-refractivity contribution in [3.05, 3.63) is 59.7 Å². The Balaban J connectivity index is 2.37. The van der Waals surface area contributed by atoms with Crippen molar-refractivity contribution in [2.75, 3.05) is 0 Å².